The molecule has 0 saturated carbocycles. The number of rotatable bonds is 4. The number of amides is 2. The highest BCUT2D eigenvalue weighted by molar-refractivity contribution is 5.89. The van der Waals surface area contributed by atoms with Crippen molar-refractivity contribution in [3.05, 3.63) is 46.1 Å². The number of carbonyl (C=O) groups is 2. The zero-order valence-corrected chi connectivity index (χ0v) is 16.9. The molecule has 0 radical (unpaired) electrons. The van der Waals surface area contributed by atoms with E-state index in [9.17, 15) is 14.4 Å². The van der Waals surface area contributed by atoms with Crippen LogP contribution < -0.4 is 5.69 Å². The van der Waals surface area contributed by atoms with E-state index in [2.05, 4.69) is 10.2 Å². The topological polar surface area (TPSA) is 91.3 Å². The maximum Gasteiger partial charge on any atom is 0.347 e. The Kier molecular flexibility index (Phi) is 5.25. The zero-order chi connectivity index (χ0) is 20.5. The number of carbonyl (C=O) groups excluding carboxylic acids is 2. The molecule has 8 heteroatoms. The van der Waals surface area contributed by atoms with Crippen molar-refractivity contribution in [2.45, 2.75) is 32.6 Å². The number of H-pyrrole nitrogens is 1. The molecule has 1 atom stereocenters. The van der Waals surface area contributed by atoms with Gasteiger partial charge >= 0.3 is 5.69 Å². The molecule has 0 bridgehead atoms. The fourth-order valence-corrected chi connectivity index (χ4v) is 4.43. The van der Waals surface area contributed by atoms with Crippen molar-refractivity contribution in [1.82, 2.24) is 24.6 Å². The van der Waals surface area contributed by atoms with Gasteiger partial charge in [-0.15, -0.1) is 0 Å². The van der Waals surface area contributed by atoms with Gasteiger partial charge in [0.25, 0.3) is 0 Å². The van der Waals surface area contributed by atoms with Gasteiger partial charge in [0, 0.05) is 39.5 Å². The highest BCUT2D eigenvalue weighted by Gasteiger charge is 2.36. The van der Waals surface area contributed by atoms with E-state index in [-0.39, 0.29) is 23.4 Å². The van der Waals surface area contributed by atoms with E-state index in [0.717, 1.165) is 29.9 Å². The first-order valence-electron chi connectivity index (χ1n) is 10.2. The van der Waals surface area contributed by atoms with Crippen molar-refractivity contribution in [3.63, 3.8) is 0 Å². The molecule has 154 valence electrons. The van der Waals surface area contributed by atoms with Gasteiger partial charge in [-0.1, -0.05) is 18.2 Å². The second-order valence-corrected chi connectivity index (χ2v) is 8.21. The van der Waals surface area contributed by atoms with Gasteiger partial charge in [-0.25, -0.2) is 14.5 Å². The lowest BCUT2D eigenvalue weighted by molar-refractivity contribution is -0.137. The molecule has 2 saturated heterocycles. The highest BCUT2D eigenvalue weighted by Crippen LogP contribution is 2.25. The van der Waals surface area contributed by atoms with E-state index in [1.807, 2.05) is 36.1 Å². The van der Waals surface area contributed by atoms with Crippen molar-refractivity contribution >= 4 is 11.8 Å². The van der Waals surface area contributed by atoms with Gasteiger partial charge in [0.1, 0.15) is 5.82 Å². The van der Waals surface area contributed by atoms with E-state index < -0.39 is 0 Å². The molecule has 3 heterocycles. The molecule has 2 fully saturated rings. The lowest BCUT2D eigenvalue weighted by atomic mass is 9.92. The molecule has 0 spiro atoms. The summed E-state index contributed by atoms with van der Waals surface area (Å²) in [6.07, 6.45) is 2.76. The summed E-state index contributed by atoms with van der Waals surface area (Å²) < 4.78 is 1.66. The molecule has 1 aromatic heterocycles. The molecule has 0 aliphatic carbocycles. The van der Waals surface area contributed by atoms with Crippen molar-refractivity contribution in [2.24, 2.45) is 11.8 Å². The van der Waals surface area contributed by atoms with Crippen LogP contribution >= 0.6 is 0 Å². The average molecular weight is 397 g/mol. The van der Waals surface area contributed by atoms with Gasteiger partial charge in [-0.05, 0) is 37.3 Å². The number of aryl methyl sites for hydroxylation is 1. The number of nitrogens with one attached hydrogen (secondary N) is 1. The lowest BCUT2D eigenvalue weighted by Gasteiger charge is -2.33. The van der Waals surface area contributed by atoms with Crippen LogP contribution in [-0.2, 0) is 16.0 Å². The van der Waals surface area contributed by atoms with Crippen molar-refractivity contribution in [2.75, 3.05) is 26.7 Å². The molecule has 2 aromatic rings. The number of piperidine rings is 1. The highest BCUT2D eigenvalue weighted by atomic mass is 16.2. The number of hydrogen-bond acceptors (Lipinski definition) is 4. The Morgan fingerprint density at radius 1 is 1.21 bits per heavy atom. The number of nitrogens with zero attached hydrogens (tertiary/aromatic N) is 4. The Balaban J connectivity index is 1.40. The minimum atomic E-state index is -0.225. The second kappa shape index (κ2) is 7.85. The SMILES string of the molecule is Cc1ccccc1-n1c(CC2CCN(C(=O)[C@H]3CC(=O)N(C)C3)CC2)n[nH]c1=O. The largest absolute Gasteiger partial charge is 0.347 e. The number of para-hydroxylation sites is 1. The maximum absolute atomic E-state index is 12.7. The van der Waals surface area contributed by atoms with Crippen molar-refractivity contribution < 1.29 is 9.59 Å². The first-order valence-corrected chi connectivity index (χ1v) is 10.2. The number of hydrogen-bond donors (Lipinski definition) is 1. The van der Waals surface area contributed by atoms with Gasteiger partial charge < -0.3 is 9.80 Å². The summed E-state index contributed by atoms with van der Waals surface area (Å²) in [6.45, 7) is 3.88. The molecule has 1 aromatic carbocycles. The Hall–Kier alpha value is -2.90. The Bertz CT molecular complexity index is 971. The van der Waals surface area contributed by atoms with Crippen molar-refractivity contribution in [3.8, 4) is 5.69 Å². The number of aromatic nitrogens is 3. The molecular weight excluding hydrogens is 370 g/mol. The van der Waals surface area contributed by atoms with Gasteiger partial charge in [0.15, 0.2) is 0 Å². The zero-order valence-electron chi connectivity index (χ0n) is 16.9. The van der Waals surface area contributed by atoms with E-state index in [1.54, 1.807) is 16.5 Å². The molecule has 1 N–H and O–H groups in total. The second-order valence-electron chi connectivity index (χ2n) is 8.21. The standard InChI is InChI=1S/C21H27N5O3/c1-14-5-3-4-6-17(14)26-18(22-23-21(26)29)11-15-7-9-25(10-8-15)20(28)16-12-19(27)24(2)13-16/h3-6,15-16H,7-13H2,1-2H3,(H,23,29)/t16-/m0/s1. The predicted molar refractivity (Wildman–Crippen MR) is 108 cm³/mol. The lowest BCUT2D eigenvalue weighted by Crippen LogP contribution is -2.42. The third-order valence-corrected chi connectivity index (χ3v) is 6.19. The van der Waals surface area contributed by atoms with Crippen LogP contribution in [-0.4, -0.2) is 63.1 Å². The summed E-state index contributed by atoms with van der Waals surface area (Å²) in [6, 6.07) is 7.78. The molecule has 8 nitrogen and oxygen atoms in total. The minimum Gasteiger partial charge on any atom is -0.345 e. The third-order valence-electron chi connectivity index (χ3n) is 6.19. The van der Waals surface area contributed by atoms with E-state index in [4.69, 9.17) is 0 Å². The molecular formula is C21H27N5O3. The number of benzene rings is 1. The van der Waals surface area contributed by atoms with Crippen LogP contribution in [0.5, 0.6) is 0 Å². The van der Waals surface area contributed by atoms with Gasteiger partial charge in [0.05, 0.1) is 11.6 Å². The summed E-state index contributed by atoms with van der Waals surface area (Å²) >= 11 is 0. The Morgan fingerprint density at radius 2 is 1.93 bits per heavy atom. The predicted octanol–water partition coefficient (Wildman–Crippen LogP) is 1.13. The molecule has 2 amide bonds. The minimum absolute atomic E-state index is 0.0472. The van der Waals surface area contributed by atoms with E-state index >= 15 is 0 Å². The van der Waals surface area contributed by atoms with Crippen LogP contribution in [0.2, 0.25) is 0 Å². The van der Waals surface area contributed by atoms with E-state index in [0.29, 0.717) is 38.4 Å². The van der Waals surface area contributed by atoms with Crippen LogP contribution in [0.25, 0.3) is 5.69 Å². The maximum atomic E-state index is 12.7. The third kappa shape index (κ3) is 3.83. The smallest absolute Gasteiger partial charge is 0.345 e. The summed E-state index contributed by atoms with van der Waals surface area (Å²) in [5, 5.41) is 6.84. The van der Waals surface area contributed by atoms with Gasteiger partial charge in [-0.3, -0.25) is 9.59 Å². The summed E-state index contributed by atoms with van der Waals surface area (Å²) in [7, 11) is 1.75. The fraction of sp³-hybridized carbons (Fsp3) is 0.524. The molecule has 29 heavy (non-hydrogen) atoms. The van der Waals surface area contributed by atoms with Gasteiger partial charge in [0.2, 0.25) is 11.8 Å². The van der Waals surface area contributed by atoms with Crippen LogP contribution in [0, 0.1) is 18.8 Å². The van der Waals surface area contributed by atoms with Crippen LogP contribution in [0.3, 0.4) is 0 Å². The fourth-order valence-electron chi connectivity index (χ4n) is 4.43. The van der Waals surface area contributed by atoms with Crippen molar-refractivity contribution in [1.29, 1.82) is 0 Å². The number of likely N-dealkylation sites (tertiary alicyclic amines) is 2. The van der Waals surface area contributed by atoms with Crippen LogP contribution in [0.15, 0.2) is 29.1 Å². The van der Waals surface area contributed by atoms with Crippen LogP contribution in [0.4, 0.5) is 0 Å². The first-order chi connectivity index (χ1) is 13.9. The summed E-state index contributed by atoms with van der Waals surface area (Å²) in [5.41, 5.74) is 1.65. The number of aromatic amines is 1. The molecule has 4 rings (SSSR count). The monoisotopic (exact) mass is 397 g/mol. The summed E-state index contributed by atoms with van der Waals surface area (Å²) in [4.78, 5) is 40.3. The molecule has 2 aliphatic heterocycles. The summed E-state index contributed by atoms with van der Waals surface area (Å²) in [5.74, 6) is 1.03. The molecule has 2 aliphatic rings. The van der Waals surface area contributed by atoms with Gasteiger partial charge in [-0.2, -0.15) is 5.10 Å². The first kappa shape index (κ1) is 19.4. The quantitative estimate of drug-likeness (QED) is 0.837. The van der Waals surface area contributed by atoms with Crippen LogP contribution in [0.1, 0.15) is 30.7 Å². The average Bonchev–Trinajstić information content (AvgIpc) is 3.24. The molecule has 0 unspecified atom stereocenters. The van der Waals surface area contributed by atoms with E-state index in [1.165, 1.54) is 0 Å². The normalized spacial score (nSPS) is 20.5. The Labute approximate surface area is 169 Å². The Morgan fingerprint density at radius 3 is 2.59 bits per heavy atom.